The highest BCUT2D eigenvalue weighted by Crippen LogP contribution is 2.45. The van der Waals surface area contributed by atoms with Crippen molar-refractivity contribution in [1.82, 2.24) is 5.43 Å². The summed E-state index contributed by atoms with van der Waals surface area (Å²) in [6, 6.07) is 0.314. The van der Waals surface area contributed by atoms with Gasteiger partial charge < -0.3 is 0 Å². The van der Waals surface area contributed by atoms with Crippen LogP contribution in [0.25, 0.3) is 0 Å². The summed E-state index contributed by atoms with van der Waals surface area (Å²) in [6.07, 6.45) is 6.34. The minimum atomic E-state index is -2.89. The van der Waals surface area contributed by atoms with Crippen LogP contribution in [0.5, 0.6) is 0 Å². The van der Waals surface area contributed by atoms with E-state index < -0.39 is 9.84 Å². The first kappa shape index (κ1) is 13.3. The fourth-order valence-electron chi connectivity index (χ4n) is 3.36. The Balaban J connectivity index is 2.01. The minimum Gasteiger partial charge on any atom is -0.271 e. The third-order valence-corrected chi connectivity index (χ3v) is 6.24. The van der Waals surface area contributed by atoms with Crippen molar-refractivity contribution >= 4 is 9.84 Å². The van der Waals surface area contributed by atoms with Gasteiger partial charge in [-0.15, -0.1) is 0 Å². The average molecular weight is 260 g/mol. The summed E-state index contributed by atoms with van der Waals surface area (Å²) in [4.78, 5) is 0. The Kier molecular flexibility index (Phi) is 3.80. The van der Waals surface area contributed by atoms with Crippen LogP contribution >= 0.6 is 0 Å². The van der Waals surface area contributed by atoms with E-state index in [1.165, 1.54) is 12.7 Å². The molecule has 0 aromatic carbocycles. The smallest absolute Gasteiger partial charge is 0.150 e. The maximum Gasteiger partial charge on any atom is 0.150 e. The van der Waals surface area contributed by atoms with E-state index in [0.29, 0.717) is 17.9 Å². The first-order valence-corrected chi connectivity index (χ1v) is 8.54. The molecule has 2 fully saturated rings. The molecule has 100 valence electrons. The molecule has 3 N–H and O–H groups in total. The topological polar surface area (TPSA) is 72.2 Å². The van der Waals surface area contributed by atoms with E-state index in [2.05, 4.69) is 12.3 Å². The lowest BCUT2D eigenvalue weighted by Gasteiger charge is -2.33. The molecule has 5 atom stereocenters. The van der Waals surface area contributed by atoms with Crippen LogP contribution in [0.15, 0.2) is 0 Å². The molecule has 0 radical (unpaired) electrons. The van der Waals surface area contributed by atoms with Crippen molar-refractivity contribution in [3.8, 4) is 0 Å². The zero-order chi connectivity index (χ0) is 12.6. The van der Waals surface area contributed by atoms with Gasteiger partial charge in [-0.1, -0.05) is 13.3 Å². The second-order valence-electron chi connectivity index (χ2n) is 5.95. The Labute approximate surface area is 104 Å². The van der Waals surface area contributed by atoms with Crippen LogP contribution in [-0.4, -0.2) is 26.0 Å². The molecule has 0 amide bonds. The first-order valence-electron chi connectivity index (χ1n) is 6.58. The zero-order valence-electron chi connectivity index (χ0n) is 10.7. The predicted molar refractivity (Wildman–Crippen MR) is 69.0 cm³/mol. The average Bonchev–Trinajstić information content (AvgIpc) is 2.96. The summed E-state index contributed by atoms with van der Waals surface area (Å²) in [6.45, 7) is 2.24. The van der Waals surface area contributed by atoms with Gasteiger partial charge >= 0.3 is 0 Å². The van der Waals surface area contributed by atoms with Crippen molar-refractivity contribution < 1.29 is 8.42 Å². The number of nitrogens with two attached hydrogens (primary N) is 1. The number of rotatable bonds is 4. The van der Waals surface area contributed by atoms with Gasteiger partial charge in [0.05, 0.1) is 5.25 Å². The molecule has 5 unspecified atom stereocenters. The quantitative estimate of drug-likeness (QED) is 0.586. The number of hydrogen-bond acceptors (Lipinski definition) is 4. The molecule has 4 nitrogen and oxygen atoms in total. The van der Waals surface area contributed by atoms with E-state index in [1.54, 1.807) is 0 Å². The fraction of sp³-hybridized carbons (Fsp3) is 1.00. The van der Waals surface area contributed by atoms with Gasteiger partial charge in [0.2, 0.25) is 0 Å². The molecular weight excluding hydrogens is 236 g/mol. The van der Waals surface area contributed by atoms with Crippen LogP contribution < -0.4 is 11.3 Å². The van der Waals surface area contributed by atoms with Crippen molar-refractivity contribution in [3.05, 3.63) is 0 Å². The molecule has 0 spiro atoms. The van der Waals surface area contributed by atoms with Gasteiger partial charge in [-0.25, -0.2) is 8.42 Å². The van der Waals surface area contributed by atoms with Crippen LogP contribution in [0.4, 0.5) is 0 Å². The van der Waals surface area contributed by atoms with Crippen molar-refractivity contribution in [1.29, 1.82) is 0 Å². The summed E-state index contributed by atoms with van der Waals surface area (Å²) in [5.41, 5.74) is 2.94. The molecule has 0 heterocycles. The van der Waals surface area contributed by atoms with Gasteiger partial charge in [-0.05, 0) is 43.4 Å². The van der Waals surface area contributed by atoms with Crippen molar-refractivity contribution in [2.24, 2.45) is 23.6 Å². The van der Waals surface area contributed by atoms with Crippen LogP contribution in [-0.2, 0) is 9.84 Å². The molecule has 0 aliphatic heterocycles. The second-order valence-corrected chi connectivity index (χ2v) is 8.27. The number of sulfone groups is 1. The Hall–Kier alpha value is -0.130. The van der Waals surface area contributed by atoms with E-state index in [9.17, 15) is 8.42 Å². The summed E-state index contributed by atoms with van der Waals surface area (Å²) in [5, 5.41) is -0.147. The molecule has 2 aliphatic carbocycles. The molecule has 0 aromatic heterocycles. The van der Waals surface area contributed by atoms with Crippen LogP contribution in [0.3, 0.4) is 0 Å². The van der Waals surface area contributed by atoms with Gasteiger partial charge in [0, 0.05) is 12.3 Å². The lowest BCUT2D eigenvalue weighted by molar-refractivity contribution is 0.245. The van der Waals surface area contributed by atoms with Crippen LogP contribution in [0.1, 0.15) is 39.0 Å². The SMILES string of the molecule is CC1CC1C(NN)C1CCCC(S(C)(=O)=O)C1. The predicted octanol–water partition coefficient (Wildman–Crippen LogP) is 1.08. The van der Waals surface area contributed by atoms with Crippen molar-refractivity contribution in [2.45, 2.75) is 50.3 Å². The zero-order valence-corrected chi connectivity index (χ0v) is 11.5. The number of nitrogens with one attached hydrogen (secondary N) is 1. The van der Waals surface area contributed by atoms with Crippen LogP contribution in [0.2, 0.25) is 0 Å². The Morgan fingerprint density at radius 2 is 1.94 bits per heavy atom. The standard InChI is InChI=1S/C12H24N2O2S/c1-8-6-11(8)12(14-13)9-4-3-5-10(7-9)17(2,15)16/h8-12,14H,3-7,13H2,1-2H3. The van der Waals surface area contributed by atoms with Gasteiger partial charge in [0.1, 0.15) is 9.84 Å². The van der Waals surface area contributed by atoms with E-state index in [-0.39, 0.29) is 5.25 Å². The monoisotopic (exact) mass is 260 g/mol. The second kappa shape index (κ2) is 4.86. The highest BCUT2D eigenvalue weighted by Gasteiger charge is 2.44. The van der Waals surface area contributed by atoms with Crippen molar-refractivity contribution in [3.63, 3.8) is 0 Å². The minimum absolute atomic E-state index is 0.147. The third kappa shape index (κ3) is 3.01. The molecule has 0 aromatic rings. The van der Waals surface area contributed by atoms with E-state index in [4.69, 9.17) is 5.84 Å². The summed E-state index contributed by atoms with van der Waals surface area (Å²) < 4.78 is 23.3. The summed E-state index contributed by atoms with van der Waals surface area (Å²) >= 11 is 0. The van der Waals surface area contributed by atoms with E-state index in [0.717, 1.165) is 31.6 Å². The molecule has 0 saturated heterocycles. The summed E-state index contributed by atoms with van der Waals surface area (Å²) in [5.74, 6) is 7.50. The van der Waals surface area contributed by atoms with E-state index >= 15 is 0 Å². The van der Waals surface area contributed by atoms with Gasteiger partial charge in [0.15, 0.2) is 0 Å². The normalized spacial score (nSPS) is 39.9. The maximum atomic E-state index is 11.6. The molecule has 5 heteroatoms. The number of hydrogen-bond donors (Lipinski definition) is 2. The summed E-state index contributed by atoms with van der Waals surface area (Å²) in [7, 11) is -2.89. The maximum absolute atomic E-state index is 11.6. The largest absolute Gasteiger partial charge is 0.271 e. The fourth-order valence-corrected chi connectivity index (χ4v) is 4.55. The van der Waals surface area contributed by atoms with Gasteiger partial charge in [0.25, 0.3) is 0 Å². The van der Waals surface area contributed by atoms with E-state index in [1.807, 2.05) is 0 Å². The Morgan fingerprint density at radius 1 is 1.29 bits per heavy atom. The lowest BCUT2D eigenvalue weighted by atomic mass is 9.81. The molecular formula is C12H24N2O2S. The van der Waals surface area contributed by atoms with Gasteiger partial charge in [-0.3, -0.25) is 11.3 Å². The molecule has 2 saturated carbocycles. The molecule has 2 aliphatic rings. The molecule has 2 rings (SSSR count). The highest BCUT2D eigenvalue weighted by molar-refractivity contribution is 7.91. The lowest BCUT2D eigenvalue weighted by Crippen LogP contribution is -2.46. The van der Waals surface area contributed by atoms with Crippen LogP contribution in [0, 0.1) is 17.8 Å². The van der Waals surface area contributed by atoms with Gasteiger partial charge in [-0.2, -0.15) is 0 Å². The molecule has 0 bridgehead atoms. The van der Waals surface area contributed by atoms with Crippen molar-refractivity contribution in [2.75, 3.05) is 6.26 Å². The highest BCUT2D eigenvalue weighted by atomic mass is 32.2. The third-order valence-electron chi connectivity index (χ3n) is 4.61. The Bertz CT molecular complexity index is 369. The Morgan fingerprint density at radius 3 is 2.41 bits per heavy atom. The first-order chi connectivity index (χ1) is 7.93. The number of hydrazine groups is 1. The molecule has 17 heavy (non-hydrogen) atoms.